The number of amides is 2. The minimum absolute atomic E-state index is 0.170. The van der Waals surface area contributed by atoms with E-state index in [-0.39, 0.29) is 12.0 Å². The predicted octanol–water partition coefficient (Wildman–Crippen LogP) is 1.02. The topological polar surface area (TPSA) is 53.1 Å². The molecule has 0 unspecified atom stereocenters. The molecule has 120 valence electrons. The lowest BCUT2D eigenvalue weighted by Gasteiger charge is -2.39. The van der Waals surface area contributed by atoms with E-state index in [1.54, 1.807) is 0 Å². The van der Waals surface area contributed by atoms with Crippen molar-refractivity contribution in [3.05, 3.63) is 0 Å². The average molecular weight is 297 g/mol. The lowest BCUT2D eigenvalue weighted by Crippen LogP contribution is -2.54. The molecule has 0 aromatic carbocycles. The smallest absolute Gasteiger partial charge is 0.320 e. The molecule has 2 aliphatic heterocycles. The first-order valence-electron chi connectivity index (χ1n) is 7.93. The molecule has 2 aliphatic rings. The normalized spacial score (nSPS) is 21.4. The van der Waals surface area contributed by atoms with Gasteiger partial charge in [-0.2, -0.15) is 0 Å². The van der Waals surface area contributed by atoms with Crippen LogP contribution in [0.2, 0.25) is 0 Å². The van der Waals surface area contributed by atoms with Crippen molar-refractivity contribution in [2.24, 2.45) is 5.92 Å². The summed E-state index contributed by atoms with van der Waals surface area (Å²) in [4.78, 5) is 29.7. The lowest BCUT2D eigenvalue weighted by molar-refractivity contribution is -0.141. The van der Waals surface area contributed by atoms with E-state index >= 15 is 0 Å². The van der Waals surface area contributed by atoms with Crippen LogP contribution in [0.5, 0.6) is 0 Å². The number of methoxy groups -OCH3 is 1. The summed E-state index contributed by atoms with van der Waals surface area (Å²) in [5.74, 6) is 0.570. The third-order valence-electron chi connectivity index (χ3n) is 4.56. The van der Waals surface area contributed by atoms with Crippen LogP contribution in [-0.4, -0.2) is 79.6 Å². The van der Waals surface area contributed by atoms with Gasteiger partial charge in [-0.25, -0.2) is 4.79 Å². The van der Waals surface area contributed by atoms with Crippen molar-refractivity contribution < 1.29 is 14.3 Å². The summed E-state index contributed by atoms with van der Waals surface area (Å²) in [7, 11) is 1.42. The van der Waals surface area contributed by atoms with Gasteiger partial charge in [0, 0.05) is 45.8 Å². The molecule has 0 saturated carbocycles. The van der Waals surface area contributed by atoms with Gasteiger partial charge >= 0.3 is 12.0 Å². The zero-order valence-corrected chi connectivity index (χ0v) is 13.2. The van der Waals surface area contributed by atoms with E-state index in [2.05, 4.69) is 16.6 Å². The first kappa shape index (κ1) is 16.1. The molecule has 2 saturated heterocycles. The van der Waals surface area contributed by atoms with E-state index in [9.17, 15) is 9.59 Å². The maximum Gasteiger partial charge on any atom is 0.320 e. The first-order chi connectivity index (χ1) is 10.1. The van der Waals surface area contributed by atoms with E-state index in [4.69, 9.17) is 0 Å². The number of urea groups is 1. The number of carbonyl (C=O) groups is 2. The summed E-state index contributed by atoms with van der Waals surface area (Å²) in [6.07, 6.45) is 2.66. The van der Waals surface area contributed by atoms with Crippen molar-refractivity contribution in [1.29, 1.82) is 0 Å². The molecule has 0 bridgehead atoms. The van der Waals surface area contributed by atoms with Crippen molar-refractivity contribution in [3.63, 3.8) is 0 Å². The van der Waals surface area contributed by atoms with E-state index in [1.165, 1.54) is 7.11 Å². The van der Waals surface area contributed by atoms with E-state index < -0.39 is 0 Å². The second kappa shape index (κ2) is 7.64. The summed E-state index contributed by atoms with van der Waals surface area (Å²) >= 11 is 0. The van der Waals surface area contributed by atoms with Crippen LogP contribution in [-0.2, 0) is 9.53 Å². The van der Waals surface area contributed by atoms with Gasteiger partial charge in [0.1, 0.15) is 0 Å². The average Bonchev–Trinajstić information content (AvgIpc) is 2.53. The summed E-state index contributed by atoms with van der Waals surface area (Å²) in [6, 6.07) is 0.189. The summed E-state index contributed by atoms with van der Waals surface area (Å²) in [6.45, 7) is 7.95. The molecule has 0 aromatic rings. The van der Waals surface area contributed by atoms with Crippen molar-refractivity contribution in [1.82, 2.24) is 14.7 Å². The molecular formula is C15H27N3O3. The van der Waals surface area contributed by atoms with Crippen molar-refractivity contribution in [3.8, 4) is 0 Å². The Morgan fingerprint density at radius 2 is 1.57 bits per heavy atom. The Hall–Kier alpha value is -1.30. The SMILES string of the molecule is COC(=O)CCN1CCN(C(=O)N2CCC(C)CC2)CC1. The van der Waals surface area contributed by atoms with Crippen molar-refractivity contribution >= 4 is 12.0 Å². The monoisotopic (exact) mass is 297 g/mol. The molecule has 0 spiro atoms. The summed E-state index contributed by atoms with van der Waals surface area (Å²) in [5, 5.41) is 0. The van der Waals surface area contributed by atoms with Gasteiger partial charge in [-0.15, -0.1) is 0 Å². The van der Waals surface area contributed by atoms with Gasteiger partial charge in [0.2, 0.25) is 0 Å². The number of hydrogen-bond acceptors (Lipinski definition) is 4. The number of piperazine rings is 1. The standard InChI is InChI=1S/C15H27N3O3/c1-13-3-7-17(8-4-13)15(20)18-11-9-16(10-12-18)6-5-14(19)21-2/h13H,3-12H2,1-2H3. The van der Waals surface area contributed by atoms with E-state index in [0.29, 0.717) is 6.42 Å². The molecule has 6 heteroatoms. The molecule has 6 nitrogen and oxygen atoms in total. The minimum Gasteiger partial charge on any atom is -0.469 e. The van der Waals surface area contributed by atoms with Crippen LogP contribution in [0.3, 0.4) is 0 Å². The second-order valence-electron chi connectivity index (χ2n) is 6.11. The van der Waals surface area contributed by atoms with Gasteiger partial charge in [0.05, 0.1) is 13.5 Å². The zero-order chi connectivity index (χ0) is 15.2. The highest BCUT2D eigenvalue weighted by molar-refractivity contribution is 5.74. The van der Waals surface area contributed by atoms with Crippen LogP contribution in [0, 0.1) is 5.92 Å². The second-order valence-corrected chi connectivity index (χ2v) is 6.11. The van der Waals surface area contributed by atoms with Crippen LogP contribution in [0.1, 0.15) is 26.2 Å². The Labute approximate surface area is 127 Å². The fourth-order valence-corrected chi connectivity index (χ4v) is 2.91. The molecule has 2 fully saturated rings. The van der Waals surface area contributed by atoms with Gasteiger partial charge in [0.25, 0.3) is 0 Å². The molecule has 21 heavy (non-hydrogen) atoms. The number of rotatable bonds is 3. The minimum atomic E-state index is -0.170. The van der Waals surface area contributed by atoms with Crippen LogP contribution >= 0.6 is 0 Å². The number of carbonyl (C=O) groups excluding carboxylic acids is 2. The molecule has 0 aliphatic carbocycles. The fraction of sp³-hybridized carbons (Fsp3) is 0.867. The number of likely N-dealkylation sites (tertiary alicyclic amines) is 1. The maximum absolute atomic E-state index is 12.4. The number of hydrogen-bond donors (Lipinski definition) is 0. The quantitative estimate of drug-likeness (QED) is 0.730. The zero-order valence-electron chi connectivity index (χ0n) is 13.2. The van der Waals surface area contributed by atoms with Crippen LogP contribution in [0.15, 0.2) is 0 Å². The third-order valence-corrected chi connectivity index (χ3v) is 4.56. The van der Waals surface area contributed by atoms with Gasteiger partial charge in [-0.05, 0) is 18.8 Å². The number of esters is 1. The Morgan fingerprint density at radius 1 is 1.00 bits per heavy atom. The molecule has 2 heterocycles. The number of piperidine rings is 1. The maximum atomic E-state index is 12.4. The van der Waals surface area contributed by atoms with Crippen LogP contribution in [0.4, 0.5) is 4.79 Å². The first-order valence-corrected chi connectivity index (χ1v) is 7.93. The molecule has 0 atom stereocenters. The van der Waals surface area contributed by atoms with Gasteiger partial charge in [-0.1, -0.05) is 6.92 Å². The third kappa shape index (κ3) is 4.59. The Kier molecular flexibility index (Phi) is 5.85. The summed E-state index contributed by atoms with van der Waals surface area (Å²) in [5.41, 5.74) is 0. The largest absolute Gasteiger partial charge is 0.469 e. The number of ether oxygens (including phenoxy) is 1. The van der Waals surface area contributed by atoms with Crippen molar-refractivity contribution in [2.45, 2.75) is 26.2 Å². The van der Waals surface area contributed by atoms with Gasteiger partial charge in [-0.3, -0.25) is 9.69 Å². The highest BCUT2D eigenvalue weighted by Gasteiger charge is 2.27. The molecule has 2 amide bonds. The lowest BCUT2D eigenvalue weighted by atomic mass is 9.99. The molecule has 0 N–H and O–H groups in total. The Bertz CT molecular complexity index is 359. The molecule has 2 rings (SSSR count). The fourth-order valence-electron chi connectivity index (χ4n) is 2.91. The van der Waals surface area contributed by atoms with Crippen LogP contribution < -0.4 is 0 Å². The van der Waals surface area contributed by atoms with E-state index in [0.717, 1.165) is 64.6 Å². The molecule has 0 radical (unpaired) electrons. The predicted molar refractivity (Wildman–Crippen MR) is 80.0 cm³/mol. The highest BCUT2D eigenvalue weighted by Crippen LogP contribution is 2.18. The number of nitrogens with zero attached hydrogens (tertiary/aromatic N) is 3. The van der Waals surface area contributed by atoms with Gasteiger partial charge in [0.15, 0.2) is 0 Å². The Balaban J connectivity index is 1.70. The van der Waals surface area contributed by atoms with Crippen molar-refractivity contribution in [2.75, 3.05) is 52.9 Å². The highest BCUT2D eigenvalue weighted by atomic mass is 16.5. The summed E-state index contributed by atoms with van der Waals surface area (Å²) < 4.78 is 4.65. The molecule has 0 aromatic heterocycles. The van der Waals surface area contributed by atoms with Crippen LogP contribution in [0.25, 0.3) is 0 Å². The van der Waals surface area contributed by atoms with E-state index in [1.807, 2.05) is 9.80 Å². The Morgan fingerprint density at radius 3 is 2.14 bits per heavy atom. The van der Waals surface area contributed by atoms with Gasteiger partial charge < -0.3 is 14.5 Å². The molecular weight excluding hydrogens is 270 g/mol.